The second kappa shape index (κ2) is 11.9. The molecule has 35 heavy (non-hydrogen) atoms. The van der Waals surface area contributed by atoms with Crippen LogP contribution in [0.5, 0.6) is 0 Å². The summed E-state index contributed by atoms with van der Waals surface area (Å²) in [5.41, 5.74) is 10.6. The maximum atomic E-state index is 5.19. The Bertz CT molecular complexity index is 1250. The van der Waals surface area contributed by atoms with E-state index in [1.165, 1.54) is 22.3 Å². The summed E-state index contributed by atoms with van der Waals surface area (Å²) in [5.74, 6) is 0.801. The molecule has 0 saturated heterocycles. The fourth-order valence-corrected chi connectivity index (χ4v) is 4.24. The molecule has 3 heteroatoms. The summed E-state index contributed by atoms with van der Waals surface area (Å²) < 4.78 is 0. The molecule has 1 heterocycles. The molecule has 0 spiro atoms. The Morgan fingerprint density at radius 1 is 0.800 bits per heavy atom. The van der Waals surface area contributed by atoms with Crippen LogP contribution in [0.15, 0.2) is 77.2 Å². The number of para-hydroxylation sites is 2. The van der Waals surface area contributed by atoms with Gasteiger partial charge in [0.15, 0.2) is 0 Å². The van der Waals surface area contributed by atoms with E-state index in [1.54, 1.807) is 0 Å². The molecule has 0 radical (unpaired) electrons. The maximum absolute atomic E-state index is 5.19. The van der Waals surface area contributed by atoms with Gasteiger partial charge in [0.05, 0.1) is 34.2 Å². The van der Waals surface area contributed by atoms with Crippen LogP contribution in [0, 0.1) is 13.8 Å². The van der Waals surface area contributed by atoms with Crippen LogP contribution in [-0.4, -0.2) is 16.4 Å². The van der Waals surface area contributed by atoms with E-state index >= 15 is 0 Å². The van der Waals surface area contributed by atoms with Gasteiger partial charge in [0.2, 0.25) is 0 Å². The first kappa shape index (κ1) is 26.3. The summed E-state index contributed by atoms with van der Waals surface area (Å²) in [5, 5.41) is 0. The van der Waals surface area contributed by atoms with E-state index in [-0.39, 0.29) is 0 Å². The second-order valence-corrected chi connectivity index (χ2v) is 9.83. The van der Waals surface area contributed by atoms with Gasteiger partial charge in [0, 0.05) is 0 Å². The smallest absolute Gasteiger partial charge is 0.0852 e. The monoisotopic (exact) mass is 465 g/mol. The maximum Gasteiger partial charge on any atom is 0.0852 e. The molecule has 0 aliphatic rings. The van der Waals surface area contributed by atoms with E-state index in [0.717, 1.165) is 47.0 Å². The highest BCUT2D eigenvalue weighted by Crippen LogP contribution is 2.32. The van der Waals surface area contributed by atoms with Crippen molar-refractivity contribution >= 4 is 22.8 Å². The number of hydrogen-bond acceptors (Lipinski definition) is 3. The summed E-state index contributed by atoms with van der Waals surface area (Å²) in [4.78, 5) is 15.3. The predicted octanol–water partition coefficient (Wildman–Crippen LogP) is 9.17. The van der Waals surface area contributed by atoms with Gasteiger partial charge in [0.1, 0.15) is 0 Å². The third-order valence-corrected chi connectivity index (χ3v) is 6.31. The highest BCUT2D eigenvalue weighted by Gasteiger charge is 2.14. The molecular weight excluding hydrogens is 426 g/mol. The third-order valence-electron chi connectivity index (χ3n) is 6.31. The largest absolute Gasteiger partial charge is 0.251 e. The number of rotatable bonds is 9. The predicted molar refractivity (Wildman–Crippen MR) is 152 cm³/mol. The lowest BCUT2D eigenvalue weighted by atomic mass is 9.98. The first-order chi connectivity index (χ1) is 16.7. The number of aliphatic imine (C=N–C) groups is 2. The number of aryl methyl sites for hydroxylation is 2. The van der Waals surface area contributed by atoms with Gasteiger partial charge in [-0.1, -0.05) is 76.2 Å². The highest BCUT2D eigenvalue weighted by atomic mass is 14.8. The summed E-state index contributed by atoms with van der Waals surface area (Å²) in [6.07, 6.45) is 3.58. The number of pyridine rings is 1. The molecule has 0 saturated carbocycles. The van der Waals surface area contributed by atoms with Gasteiger partial charge in [-0.3, -0.25) is 9.98 Å². The van der Waals surface area contributed by atoms with Crippen LogP contribution in [0.4, 0.5) is 11.4 Å². The lowest BCUT2D eigenvalue weighted by Crippen LogP contribution is -2.08. The molecular formula is C32H39N3. The van der Waals surface area contributed by atoms with Gasteiger partial charge >= 0.3 is 0 Å². The summed E-state index contributed by atoms with van der Waals surface area (Å²) >= 11 is 0. The van der Waals surface area contributed by atoms with Crippen molar-refractivity contribution in [3.63, 3.8) is 0 Å². The quantitative estimate of drug-likeness (QED) is 0.229. The molecule has 3 rings (SSSR count). The lowest BCUT2D eigenvalue weighted by molar-refractivity contribution is 0.864. The first-order valence-corrected chi connectivity index (χ1v) is 12.6. The minimum Gasteiger partial charge on any atom is -0.251 e. The van der Waals surface area contributed by atoms with E-state index in [4.69, 9.17) is 15.0 Å². The highest BCUT2D eigenvalue weighted by molar-refractivity contribution is 6.03. The van der Waals surface area contributed by atoms with Crippen molar-refractivity contribution in [2.45, 2.75) is 73.1 Å². The van der Waals surface area contributed by atoms with E-state index in [1.807, 2.05) is 19.1 Å². The van der Waals surface area contributed by atoms with Crippen LogP contribution in [0.3, 0.4) is 0 Å². The Labute approximate surface area is 211 Å². The second-order valence-electron chi connectivity index (χ2n) is 9.83. The Kier molecular flexibility index (Phi) is 8.92. The van der Waals surface area contributed by atoms with Crippen molar-refractivity contribution in [1.82, 2.24) is 4.98 Å². The number of allylic oxidation sites excluding steroid dienone is 1. The molecule has 0 aliphatic heterocycles. The number of benzene rings is 2. The molecule has 0 atom stereocenters. The summed E-state index contributed by atoms with van der Waals surface area (Å²) in [7, 11) is 0. The third kappa shape index (κ3) is 6.42. The average Bonchev–Trinajstić information content (AvgIpc) is 2.83. The van der Waals surface area contributed by atoms with Crippen molar-refractivity contribution in [3.05, 3.63) is 101 Å². The molecule has 182 valence electrons. The van der Waals surface area contributed by atoms with Gasteiger partial charge in [-0.15, -0.1) is 6.58 Å². The van der Waals surface area contributed by atoms with E-state index in [2.05, 4.69) is 96.7 Å². The Morgan fingerprint density at radius 2 is 1.31 bits per heavy atom. The van der Waals surface area contributed by atoms with Gasteiger partial charge < -0.3 is 0 Å². The molecule has 0 unspecified atom stereocenters. The Hall–Kier alpha value is -3.33. The average molecular weight is 466 g/mol. The number of hydrogen-bond donors (Lipinski definition) is 0. The zero-order chi connectivity index (χ0) is 25.5. The van der Waals surface area contributed by atoms with Crippen LogP contribution in [-0.2, 0) is 0 Å². The normalized spacial score (nSPS) is 12.5. The fraction of sp³-hybridized carbons (Fsp3) is 0.344. The summed E-state index contributed by atoms with van der Waals surface area (Å²) in [6, 6.07) is 19.0. The molecule has 3 nitrogen and oxygen atoms in total. The molecule has 0 N–H and O–H groups in total. The summed E-state index contributed by atoms with van der Waals surface area (Å²) in [6.45, 7) is 19.1. The Balaban J connectivity index is 2.10. The van der Waals surface area contributed by atoms with Crippen molar-refractivity contribution in [1.29, 1.82) is 0 Å². The van der Waals surface area contributed by atoms with Gasteiger partial charge in [-0.2, -0.15) is 0 Å². The minimum absolute atomic E-state index is 0.396. The van der Waals surface area contributed by atoms with E-state index in [0.29, 0.717) is 11.8 Å². The lowest BCUT2D eigenvalue weighted by Gasteiger charge is -2.15. The molecule has 0 aliphatic carbocycles. The topological polar surface area (TPSA) is 37.6 Å². The van der Waals surface area contributed by atoms with Gasteiger partial charge in [0.25, 0.3) is 0 Å². The molecule has 2 aromatic carbocycles. The fourth-order valence-electron chi connectivity index (χ4n) is 4.24. The van der Waals surface area contributed by atoms with E-state index < -0.39 is 0 Å². The number of nitrogens with zero attached hydrogens (tertiary/aromatic N) is 3. The van der Waals surface area contributed by atoms with E-state index in [9.17, 15) is 0 Å². The van der Waals surface area contributed by atoms with Crippen LogP contribution in [0.1, 0.15) is 92.9 Å². The Morgan fingerprint density at radius 3 is 1.86 bits per heavy atom. The van der Waals surface area contributed by atoms with Crippen LogP contribution in [0.2, 0.25) is 0 Å². The molecule has 0 amide bonds. The first-order valence-electron chi connectivity index (χ1n) is 12.6. The van der Waals surface area contributed by atoms with Gasteiger partial charge in [-0.05, 0) is 79.8 Å². The van der Waals surface area contributed by atoms with Crippen molar-refractivity contribution in [3.8, 4) is 0 Å². The zero-order valence-corrected chi connectivity index (χ0v) is 22.4. The van der Waals surface area contributed by atoms with Crippen molar-refractivity contribution < 1.29 is 0 Å². The van der Waals surface area contributed by atoms with Crippen molar-refractivity contribution in [2.75, 3.05) is 0 Å². The molecule has 0 fully saturated rings. The SMILES string of the molecule is C=CCCC(=Nc1c(C)cccc1C(C)C)c1cccc(C(C)=Nc2c(C)cccc2C(C)C)n1. The molecule has 3 aromatic rings. The molecule has 0 bridgehead atoms. The van der Waals surface area contributed by atoms with Gasteiger partial charge in [-0.25, -0.2) is 4.98 Å². The van der Waals surface area contributed by atoms with Crippen LogP contribution in [0.25, 0.3) is 0 Å². The number of aromatic nitrogens is 1. The van der Waals surface area contributed by atoms with Crippen LogP contribution >= 0.6 is 0 Å². The van der Waals surface area contributed by atoms with Crippen molar-refractivity contribution in [2.24, 2.45) is 9.98 Å². The van der Waals surface area contributed by atoms with Crippen LogP contribution < -0.4 is 0 Å². The molecule has 1 aromatic heterocycles. The minimum atomic E-state index is 0.396. The standard InChI is InChI=1S/C32H39N3/c1-9-10-18-30(35-32-24(7)15-12-17-27(32)22(4)5)29-20-13-19-28(34-29)25(8)33-31-23(6)14-11-16-26(31)21(2)3/h9,11-17,19-22H,1,10,18H2,2-8H3. The zero-order valence-electron chi connectivity index (χ0n) is 22.4.